The molecule has 0 aliphatic heterocycles. The third-order valence-corrected chi connectivity index (χ3v) is 8.18. The molecule has 3 N–H and O–H groups in total. The summed E-state index contributed by atoms with van der Waals surface area (Å²) in [4.78, 5) is -2.34. The Morgan fingerprint density at radius 1 is 0.625 bits per heavy atom. The maximum atomic E-state index is 12.0. The van der Waals surface area contributed by atoms with Gasteiger partial charge in [-0.3, -0.25) is 13.7 Å². The highest BCUT2D eigenvalue weighted by molar-refractivity contribution is 8.00. The highest BCUT2D eigenvalue weighted by atomic mass is 35.9. The van der Waals surface area contributed by atoms with E-state index in [1.807, 2.05) is 0 Å². The summed E-state index contributed by atoms with van der Waals surface area (Å²) in [5.74, 6) is -0.193. The maximum absolute atomic E-state index is 12.0. The van der Waals surface area contributed by atoms with Gasteiger partial charge in [0.2, 0.25) is 0 Å². The van der Waals surface area contributed by atoms with Crippen molar-refractivity contribution >= 4 is 92.0 Å². The summed E-state index contributed by atoms with van der Waals surface area (Å²) >= 11 is 11.4. The molecule has 0 spiro atoms. The van der Waals surface area contributed by atoms with Crippen molar-refractivity contribution in [3.8, 4) is 5.75 Å². The van der Waals surface area contributed by atoms with Crippen molar-refractivity contribution in [2.24, 2.45) is 0 Å². The van der Waals surface area contributed by atoms with E-state index in [0.717, 1.165) is 12.1 Å². The number of hydrogen-bond acceptors (Lipinski definition) is 7. The molecule has 4 aromatic carbocycles. The quantitative estimate of drug-likeness (QED) is 0.181. The first-order valence-corrected chi connectivity index (χ1v) is 15.5. The minimum atomic E-state index is -4.99. The summed E-state index contributed by atoms with van der Waals surface area (Å²) in [6.45, 7) is -2.11. The van der Waals surface area contributed by atoms with Crippen molar-refractivity contribution in [3.63, 3.8) is 0 Å². The van der Waals surface area contributed by atoms with Crippen LogP contribution in [-0.2, 0) is 30.4 Å². The molecule has 16 heteroatoms. The van der Waals surface area contributed by atoms with E-state index in [1.165, 1.54) is 18.2 Å². The molecule has 0 saturated heterocycles. The SMILES string of the molecule is O=S(=O)(O)c1cc(OP(Cl)Cl)c2ccc3c(S(=O)(=O)O)cc(S(=O)(=O)O)c4ccc1c2c34. The standard InChI is InChI=1S/C16H9Cl2O10PS3/c17-29(18)28-11-5-12(30(19,20)21)8-3-4-10-14(32(25,26)27)6-13(31(22,23)24)9-2-1-7(11)15(8)16(9)10/h1-6H,(H,19,20,21)(H,22,23,24)(H,25,26,27). The van der Waals surface area contributed by atoms with Gasteiger partial charge in [-0.2, -0.15) is 25.3 Å². The van der Waals surface area contributed by atoms with Crippen LogP contribution in [0.4, 0.5) is 0 Å². The molecule has 0 fully saturated rings. The highest BCUT2D eigenvalue weighted by Gasteiger charge is 2.28. The molecule has 0 aromatic heterocycles. The summed E-state index contributed by atoms with van der Waals surface area (Å²) < 4.78 is 106. The van der Waals surface area contributed by atoms with Crippen LogP contribution in [0.15, 0.2) is 51.1 Å². The second-order valence-corrected chi connectivity index (χ2v) is 13.7. The molecular formula is C16H9Cl2O10PS3. The monoisotopic (exact) mass is 558 g/mol. The molecule has 10 nitrogen and oxygen atoms in total. The highest BCUT2D eigenvalue weighted by Crippen LogP contribution is 2.52. The molecule has 0 amide bonds. The zero-order valence-corrected chi connectivity index (χ0v) is 19.9. The van der Waals surface area contributed by atoms with Crippen molar-refractivity contribution in [3.05, 3.63) is 36.4 Å². The van der Waals surface area contributed by atoms with E-state index in [1.54, 1.807) is 0 Å². The van der Waals surface area contributed by atoms with Crippen molar-refractivity contribution in [2.75, 3.05) is 0 Å². The molecule has 0 aliphatic carbocycles. The molecule has 170 valence electrons. The van der Waals surface area contributed by atoms with E-state index < -0.39 is 51.9 Å². The fraction of sp³-hybridized carbons (Fsp3) is 0. The predicted octanol–water partition coefficient (Wildman–Crippen LogP) is 4.41. The molecule has 4 rings (SSSR count). The van der Waals surface area contributed by atoms with Crippen LogP contribution in [0.25, 0.3) is 32.3 Å². The molecule has 0 atom stereocenters. The number of hydrogen-bond donors (Lipinski definition) is 3. The van der Waals surface area contributed by atoms with E-state index in [9.17, 15) is 38.9 Å². The third-order valence-electron chi connectivity index (χ3n) is 4.75. The Bertz CT molecular complexity index is 1700. The van der Waals surface area contributed by atoms with Gasteiger partial charge in [-0.15, -0.1) is 0 Å². The van der Waals surface area contributed by atoms with E-state index in [4.69, 9.17) is 27.0 Å². The van der Waals surface area contributed by atoms with Crippen LogP contribution in [0.1, 0.15) is 0 Å². The topological polar surface area (TPSA) is 172 Å². The molecule has 0 unspecified atom stereocenters. The fourth-order valence-electron chi connectivity index (χ4n) is 3.66. The van der Waals surface area contributed by atoms with Crippen molar-refractivity contribution in [2.45, 2.75) is 14.7 Å². The average molecular weight is 559 g/mol. The van der Waals surface area contributed by atoms with E-state index in [-0.39, 0.29) is 38.1 Å². The lowest BCUT2D eigenvalue weighted by Crippen LogP contribution is -2.07. The summed E-state index contributed by atoms with van der Waals surface area (Å²) in [5, 5.41) is -0.489. The van der Waals surface area contributed by atoms with Gasteiger partial charge in [0.1, 0.15) is 20.4 Å². The molecule has 0 saturated carbocycles. The van der Waals surface area contributed by atoms with E-state index in [0.29, 0.717) is 6.07 Å². The minimum Gasteiger partial charge on any atom is -0.444 e. The smallest absolute Gasteiger partial charge is 0.295 e. The van der Waals surface area contributed by atoms with Crippen LogP contribution in [0, 0.1) is 0 Å². The van der Waals surface area contributed by atoms with Gasteiger partial charge >= 0.3 is 0 Å². The molecule has 0 radical (unpaired) electrons. The zero-order chi connectivity index (χ0) is 23.8. The first-order chi connectivity index (χ1) is 14.6. The Balaban J connectivity index is 2.41. The Hall–Kier alpha value is -1.54. The number of benzene rings is 4. The minimum absolute atomic E-state index is 0.0364. The lowest BCUT2D eigenvalue weighted by molar-refractivity contribution is 0.480. The van der Waals surface area contributed by atoms with Crippen LogP contribution >= 0.6 is 29.3 Å². The molecule has 0 heterocycles. The molecular weight excluding hydrogens is 550 g/mol. The number of rotatable bonds is 5. The Labute approximate surface area is 191 Å². The maximum Gasteiger partial charge on any atom is 0.295 e. The summed E-state index contributed by atoms with van der Waals surface area (Å²) in [6.07, 6.45) is 0. The molecule has 32 heavy (non-hydrogen) atoms. The van der Waals surface area contributed by atoms with E-state index >= 15 is 0 Å². The normalized spacial score (nSPS) is 13.6. The second-order valence-electron chi connectivity index (χ2n) is 6.54. The van der Waals surface area contributed by atoms with Gasteiger partial charge in [-0.1, -0.05) is 18.2 Å². The van der Waals surface area contributed by atoms with E-state index in [2.05, 4.69) is 0 Å². The first-order valence-electron chi connectivity index (χ1n) is 8.11. The summed E-state index contributed by atoms with van der Waals surface area (Å²) in [7, 11) is -14.8. The molecule has 0 bridgehead atoms. The first kappa shape index (κ1) is 23.6. The predicted molar refractivity (Wildman–Crippen MR) is 119 cm³/mol. The Morgan fingerprint density at radius 2 is 0.969 bits per heavy atom. The van der Waals surface area contributed by atoms with Crippen LogP contribution in [0.5, 0.6) is 5.75 Å². The second kappa shape index (κ2) is 7.49. The van der Waals surface area contributed by atoms with Crippen LogP contribution < -0.4 is 4.52 Å². The fourth-order valence-corrected chi connectivity index (χ4v) is 6.61. The third kappa shape index (κ3) is 3.87. The van der Waals surface area contributed by atoms with Gasteiger partial charge in [0, 0.05) is 38.4 Å². The average Bonchev–Trinajstić information content (AvgIpc) is 2.63. The van der Waals surface area contributed by atoms with Gasteiger partial charge in [-0.25, -0.2) is 0 Å². The van der Waals surface area contributed by atoms with Crippen molar-refractivity contribution in [1.82, 2.24) is 0 Å². The zero-order valence-electron chi connectivity index (χ0n) is 15.1. The van der Waals surface area contributed by atoms with Crippen molar-refractivity contribution < 1.29 is 43.4 Å². The van der Waals surface area contributed by atoms with Crippen LogP contribution in [0.2, 0.25) is 0 Å². The Kier molecular flexibility index (Phi) is 5.52. The van der Waals surface area contributed by atoms with Gasteiger partial charge in [0.05, 0.1) is 0 Å². The number of halogens is 2. The van der Waals surface area contributed by atoms with Crippen LogP contribution in [0.3, 0.4) is 0 Å². The summed E-state index contributed by atoms with van der Waals surface area (Å²) in [6, 6.07) is 6.40. The lowest BCUT2D eigenvalue weighted by Gasteiger charge is -2.18. The van der Waals surface area contributed by atoms with Gasteiger partial charge in [0.15, 0.2) is 0 Å². The molecule has 4 aromatic rings. The Morgan fingerprint density at radius 3 is 1.34 bits per heavy atom. The van der Waals surface area contributed by atoms with Gasteiger partial charge in [-0.05, 0) is 34.6 Å². The largest absolute Gasteiger partial charge is 0.444 e. The summed E-state index contributed by atoms with van der Waals surface area (Å²) in [5.41, 5.74) is 0. The van der Waals surface area contributed by atoms with Crippen LogP contribution in [-0.4, -0.2) is 38.9 Å². The van der Waals surface area contributed by atoms with Gasteiger partial charge in [0.25, 0.3) is 37.2 Å². The van der Waals surface area contributed by atoms with Crippen molar-refractivity contribution in [1.29, 1.82) is 0 Å². The van der Waals surface area contributed by atoms with Gasteiger partial charge < -0.3 is 4.52 Å². The molecule has 0 aliphatic rings. The lowest BCUT2D eigenvalue weighted by atomic mass is 9.94.